The molecule has 2 aromatic heterocycles. The van der Waals surface area contributed by atoms with Crippen LogP contribution < -0.4 is 26.3 Å². The zero-order valence-corrected chi connectivity index (χ0v) is 20.5. The number of ether oxygens (including phenoxy) is 1. The second kappa shape index (κ2) is 10.8. The van der Waals surface area contributed by atoms with E-state index in [4.69, 9.17) is 4.74 Å². The van der Waals surface area contributed by atoms with Gasteiger partial charge in [-0.1, -0.05) is 27.7 Å². The Balaban J connectivity index is 0.00000320. The highest BCUT2D eigenvalue weighted by Gasteiger charge is 2.20. The molecular formula is C25H34BrN3O. The molecule has 0 aliphatic carbocycles. The maximum Gasteiger partial charge on any atom is 0.202 e. The van der Waals surface area contributed by atoms with Gasteiger partial charge in [0.2, 0.25) is 5.69 Å². The average Bonchev–Trinajstić information content (AvgIpc) is 2.99. The van der Waals surface area contributed by atoms with Crippen molar-refractivity contribution in [3.63, 3.8) is 0 Å². The number of pyridine rings is 1. The van der Waals surface area contributed by atoms with Gasteiger partial charge in [-0.25, -0.2) is 4.57 Å². The number of nitriles is 1. The van der Waals surface area contributed by atoms with E-state index in [0.29, 0.717) is 24.8 Å². The van der Waals surface area contributed by atoms with E-state index in [1.165, 1.54) is 22.0 Å². The number of fused-ring (bicyclic) bond motifs is 3. The number of aromatic nitrogens is 2. The van der Waals surface area contributed by atoms with Gasteiger partial charge in [0.25, 0.3) is 0 Å². The Morgan fingerprint density at radius 3 is 2.47 bits per heavy atom. The van der Waals surface area contributed by atoms with Gasteiger partial charge in [0.05, 0.1) is 24.6 Å². The maximum absolute atomic E-state index is 9.21. The fourth-order valence-electron chi connectivity index (χ4n) is 3.86. The van der Waals surface area contributed by atoms with Crippen molar-refractivity contribution >= 4 is 21.8 Å². The summed E-state index contributed by atoms with van der Waals surface area (Å²) in [5, 5.41) is 11.7. The minimum absolute atomic E-state index is 0. The Bertz CT molecular complexity index is 1030. The molecule has 2 heterocycles. The molecule has 0 N–H and O–H groups in total. The van der Waals surface area contributed by atoms with E-state index in [9.17, 15) is 5.26 Å². The molecule has 0 bridgehead atoms. The van der Waals surface area contributed by atoms with Gasteiger partial charge in [-0.2, -0.15) is 5.26 Å². The molecule has 0 atom stereocenters. The van der Waals surface area contributed by atoms with Crippen LogP contribution in [-0.4, -0.2) is 11.2 Å². The summed E-state index contributed by atoms with van der Waals surface area (Å²) in [6, 6.07) is 10.9. The molecule has 0 saturated carbocycles. The number of aryl methyl sites for hydroxylation is 3. The third-order valence-corrected chi connectivity index (χ3v) is 5.63. The van der Waals surface area contributed by atoms with Gasteiger partial charge >= 0.3 is 0 Å². The number of hydrogen-bond acceptors (Lipinski definition) is 2. The van der Waals surface area contributed by atoms with E-state index in [0.717, 1.165) is 37.3 Å². The Labute approximate surface area is 191 Å². The lowest BCUT2D eigenvalue weighted by Crippen LogP contribution is -3.00. The summed E-state index contributed by atoms with van der Waals surface area (Å²) in [4.78, 5) is 0. The van der Waals surface area contributed by atoms with Gasteiger partial charge in [0.1, 0.15) is 17.8 Å². The van der Waals surface area contributed by atoms with Gasteiger partial charge in [0, 0.05) is 42.8 Å². The van der Waals surface area contributed by atoms with Crippen molar-refractivity contribution in [2.24, 2.45) is 11.8 Å². The number of nitrogens with zero attached hydrogens (tertiary/aromatic N) is 3. The van der Waals surface area contributed by atoms with Crippen molar-refractivity contribution in [2.75, 3.05) is 6.61 Å². The van der Waals surface area contributed by atoms with Crippen LogP contribution in [0.4, 0.5) is 0 Å². The largest absolute Gasteiger partial charge is 1.00 e. The Morgan fingerprint density at radius 2 is 1.80 bits per heavy atom. The SMILES string of the molecule is Cc1c2c(cc[n+]1CCC(C)C)c1ccc(OCCC(C)C)cc1n2CCC#N.[Br-]. The van der Waals surface area contributed by atoms with Gasteiger partial charge in [0.15, 0.2) is 6.20 Å². The minimum Gasteiger partial charge on any atom is -1.00 e. The van der Waals surface area contributed by atoms with Gasteiger partial charge < -0.3 is 26.3 Å². The van der Waals surface area contributed by atoms with Crippen molar-refractivity contribution in [2.45, 2.75) is 67.0 Å². The molecule has 0 amide bonds. The highest BCUT2D eigenvalue weighted by atomic mass is 79.9. The number of rotatable bonds is 9. The molecule has 30 heavy (non-hydrogen) atoms. The van der Waals surface area contributed by atoms with E-state index in [1.54, 1.807) is 0 Å². The number of halogens is 1. The zero-order chi connectivity index (χ0) is 21.0. The summed E-state index contributed by atoms with van der Waals surface area (Å²) in [6.45, 7) is 13.6. The molecule has 0 saturated heterocycles. The first-order valence-electron chi connectivity index (χ1n) is 10.9. The monoisotopic (exact) mass is 471 g/mol. The third kappa shape index (κ3) is 5.35. The summed E-state index contributed by atoms with van der Waals surface area (Å²) in [5.74, 6) is 2.21. The molecule has 0 aliphatic heterocycles. The fraction of sp³-hybridized carbons (Fsp3) is 0.520. The van der Waals surface area contributed by atoms with Crippen LogP contribution in [0, 0.1) is 30.1 Å². The summed E-state index contributed by atoms with van der Waals surface area (Å²) >= 11 is 0. The van der Waals surface area contributed by atoms with Gasteiger partial charge in [-0.15, -0.1) is 0 Å². The molecule has 162 valence electrons. The molecule has 4 nitrogen and oxygen atoms in total. The quantitative estimate of drug-likeness (QED) is 0.450. The van der Waals surface area contributed by atoms with Gasteiger partial charge in [-0.3, -0.25) is 0 Å². The van der Waals surface area contributed by atoms with Crippen LogP contribution >= 0.6 is 0 Å². The molecule has 3 rings (SSSR count). The molecule has 0 radical (unpaired) electrons. The van der Waals surface area contributed by atoms with Crippen LogP contribution in [0.25, 0.3) is 21.8 Å². The first-order valence-corrected chi connectivity index (χ1v) is 10.9. The van der Waals surface area contributed by atoms with Crippen LogP contribution in [-0.2, 0) is 13.1 Å². The molecule has 0 unspecified atom stereocenters. The second-order valence-corrected chi connectivity index (χ2v) is 8.81. The minimum atomic E-state index is 0. The average molecular weight is 472 g/mol. The van der Waals surface area contributed by atoms with Gasteiger partial charge in [-0.05, 0) is 30.4 Å². The highest BCUT2D eigenvalue weighted by Crippen LogP contribution is 2.32. The topological polar surface area (TPSA) is 41.8 Å². The van der Waals surface area contributed by atoms with E-state index in [1.807, 2.05) is 0 Å². The Hall–Kier alpha value is -2.06. The van der Waals surface area contributed by atoms with Crippen molar-refractivity contribution < 1.29 is 26.3 Å². The highest BCUT2D eigenvalue weighted by molar-refractivity contribution is 6.08. The summed E-state index contributed by atoms with van der Waals surface area (Å²) < 4.78 is 10.7. The van der Waals surface area contributed by atoms with Crippen molar-refractivity contribution in [3.05, 3.63) is 36.2 Å². The Kier molecular flexibility index (Phi) is 8.73. The summed E-state index contributed by atoms with van der Waals surface area (Å²) in [5.41, 5.74) is 3.66. The lowest BCUT2D eigenvalue weighted by atomic mass is 10.1. The number of benzene rings is 1. The summed E-state index contributed by atoms with van der Waals surface area (Å²) in [6.07, 6.45) is 4.91. The zero-order valence-electron chi connectivity index (χ0n) is 18.9. The first-order chi connectivity index (χ1) is 13.9. The number of hydrogen-bond donors (Lipinski definition) is 0. The van der Waals surface area contributed by atoms with E-state index in [-0.39, 0.29) is 17.0 Å². The standard InChI is InChI=1S/C25H34N3O.BrH/c1-18(2)9-14-27-15-10-23-22-8-7-21(29-16-11-19(3)4)17-24(22)28(13-6-12-26)25(23)20(27)5;/h7-8,10,15,17-19H,6,9,11,13-14,16H2,1-5H3;1H/q+1;/p-1. The van der Waals surface area contributed by atoms with Crippen LogP contribution in [0.15, 0.2) is 30.5 Å². The van der Waals surface area contributed by atoms with Crippen LogP contribution in [0.5, 0.6) is 5.75 Å². The fourth-order valence-corrected chi connectivity index (χ4v) is 3.86. The van der Waals surface area contributed by atoms with Crippen molar-refractivity contribution in [1.29, 1.82) is 5.26 Å². The van der Waals surface area contributed by atoms with E-state index < -0.39 is 0 Å². The predicted octanol–water partition coefficient (Wildman–Crippen LogP) is 2.78. The molecular weight excluding hydrogens is 438 g/mol. The summed E-state index contributed by atoms with van der Waals surface area (Å²) in [7, 11) is 0. The van der Waals surface area contributed by atoms with Crippen LogP contribution in [0.3, 0.4) is 0 Å². The lowest BCUT2D eigenvalue weighted by Gasteiger charge is -2.10. The van der Waals surface area contributed by atoms with Crippen LogP contribution in [0.2, 0.25) is 0 Å². The molecule has 0 spiro atoms. The second-order valence-electron chi connectivity index (χ2n) is 8.81. The van der Waals surface area contributed by atoms with E-state index >= 15 is 0 Å². The Morgan fingerprint density at radius 1 is 1.07 bits per heavy atom. The maximum atomic E-state index is 9.21. The molecule has 0 aliphatic rings. The molecule has 5 heteroatoms. The lowest BCUT2D eigenvalue weighted by molar-refractivity contribution is -0.702. The molecule has 1 aromatic carbocycles. The molecule has 0 fully saturated rings. The first kappa shape index (κ1) is 24.2. The molecule has 3 aromatic rings. The van der Waals surface area contributed by atoms with Crippen LogP contribution in [0.1, 0.15) is 52.7 Å². The predicted molar refractivity (Wildman–Crippen MR) is 119 cm³/mol. The van der Waals surface area contributed by atoms with Crippen molar-refractivity contribution in [1.82, 2.24) is 4.57 Å². The smallest absolute Gasteiger partial charge is 0.202 e. The van der Waals surface area contributed by atoms with Crippen molar-refractivity contribution in [3.8, 4) is 11.8 Å². The third-order valence-electron chi connectivity index (χ3n) is 5.63. The van der Waals surface area contributed by atoms with E-state index in [2.05, 4.69) is 80.3 Å². The normalized spacial score (nSPS) is 11.3.